The molecule has 0 fully saturated rings. The van der Waals surface area contributed by atoms with Gasteiger partial charge in [-0.2, -0.15) is 0 Å². The quantitative estimate of drug-likeness (QED) is 0.169. The zero-order valence-electron chi connectivity index (χ0n) is 27.5. The van der Waals surface area contributed by atoms with E-state index in [9.17, 15) is 0 Å². The predicted molar refractivity (Wildman–Crippen MR) is 216 cm³/mol. The molecule has 0 radical (unpaired) electrons. The molecule has 0 heterocycles. The molecular weight excluding hydrogens is 601 g/mol. The van der Waals surface area contributed by atoms with Crippen molar-refractivity contribution in [1.29, 1.82) is 0 Å². The second kappa shape index (κ2) is 11.6. The number of hydrogen-bond donors (Lipinski definition) is 0. The molecule has 0 amide bonds. The third kappa shape index (κ3) is 4.46. The maximum Gasteiger partial charge on any atom is -0.00137 e. The van der Waals surface area contributed by atoms with E-state index >= 15 is 0 Å². The Kier molecular flexibility index (Phi) is 6.60. The molecule has 0 atom stereocenters. The molecule has 10 rings (SSSR count). The Labute approximate surface area is 291 Å². The smallest absolute Gasteiger partial charge is 0.00137 e. The van der Waals surface area contributed by atoms with Crippen molar-refractivity contribution >= 4 is 53.9 Å². The van der Waals surface area contributed by atoms with Crippen LogP contribution >= 0.6 is 0 Å². The van der Waals surface area contributed by atoms with Gasteiger partial charge in [0.05, 0.1) is 0 Å². The first-order valence-corrected chi connectivity index (χ1v) is 17.4. The van der Waals surface area contributed by atoms with E-state index in [1.807, 2.05) is 0 Å². The third-order valence-corrected chi connectivity index (χ3v) is 10.5. The Morgan fingerprint density at radius 3 is 1.34 bits per heavy atom. The molecule has 10 aromatic rings. The highest BCUT2D eigenvalue weighted by Crippen LogP contribution is 2.50. The Balaban J connectivity index is 1.41. The molecule has 0 unspecified atom stereocenters. The number of fused-ring (bicyclic) bond motifs is 6. The van der Waals surface area contributed by atoms with Gasteiger partial charge in [-0.3, -0.25) is 0 Å². The first kappa shape index (κ1) is 28.5. The molecule has 0 nitrogen and oxygen atoms in total. The molecule has 232 valence electrons. The van der Waals surface area contributed by atoms with E-state index in [1.54, 1.807) is 0 Å². The summed E-state index contributed by atoms with van der Waals surface area (Å²) < 4.78 is 0. The standard InChI is InChI=1S/C50H32/c1-5-20-37-33(14-1)18-11-26-41(37)43-24-9-10-25-47(43)50-48(44-28-13-27-42-38-21-6-3-16-35(38)30-31-45(42)44)32-36-17-4-8-23-40(36)49(50)46-29-12-19-34-15-2-7-22-39(34)46/h1-32H. The number of rotatable bonds is 4. The van der Waals surface area contributed by atoms with E-state index in [0.29, 0.717) is 0 Å². The fourth-order valence-corrected chi connectivity index (χ4v) is 8.23. The molecule has 10 aromatic carbocycles. The Hall–Kier alpha value is -6.50. The summed E-state index contributed by atoms with van der Waals surface area (Å²) in [5.74, 6) is 0. The summed E-state index contributed by atoms with van der Waals surface area (Å²) in [4.78, 5) is 0. The van der Waals surface area contributed by atoms with E-state index in [0.717, 1.165) is 0 Å². The third-order valence-electron chi connectivity index (χ3n) is 10.5. The summed E-state index contributed by atoms with van der Waals surface area (Å²) in [6.45, 7) is 0. The second-order valence-corrected chi connectivity index (χ2v) is 13.2. The lowest BCUT2D eigenvalue weighted by molar-refractivity contribution is 1.59. The van der Waals surface area contributed by atoms with Crippen LogP contribution in [0.3, 0.4) is 0 Å². The summed E-state index contributed by atoms with van der Waals surface area (Å²) in [7, 11) is 0. The van der Waals surface area contributed by atoms with Gasteiger partial charge in [0.1, 0.15) is 0 Å². The summed E-state index contributed by atoms with van der Waals surface area (Å²) in [5, 5.41) is 12.5. The number of benzene rings is 10. The monoisotopic (exact) mass is 632 g/mol. The van der Waals surface area contributed by atoms with Crippen molar-refractivity contribution in [3.05, 3.63) is 194 Å². The van der Waals surface area contributed by atoms with Crippen LogP contribution in [0.15, 0.2) is 194 Å². The van der Waals surface area contributed by atoms with Crippen molar-refractivity contribution < 1.29 is 0 Å². The van der Waals surface area contributed by atoms with Crippen molar-refractivity contribution in [1.82, 2.24) is 0 Å². The van der Waals surface area contributed by atoms with Crippen molar-refractivity contribution in [2.24, 2.45) is 0 Å². The van der Waals surface area contributed by atoms with Crippen LogP contribution in [0.1, 0.15) is 0 Å². The summed E-state index contributed by atoms with van der Waals surface area (Å²) in [6.07, 6.45) is 0. The highest BCUT2D eigenvalue weighted by molar-refractivity contribution is 6.19. The molecule has 0 aliphatic carbocycles. The van der Waals surface area contributed by atoms with Crippen molar-refractivity contribution in [2.45, 2.75) is 0 Å². The average molecular weight is 633 g/mol. The lowest BCUT2D eigenvalue weighted by Gasteiger charge is -2.23. The molecule has 0 bridgehead atoms. The van der Waals surface area contributed by atoms with Gasteiger partial charge in [0.15, 0.2) is 0 Å². The minimum absolute atomic E-state index is 1.23. The van der Waals surface area contributed by atoms with E-state index in [4.69, 9.17) is 0 Å². The van der Waals surface area contributed by atoms with Crippen LogP contribution < -0.4 is 0 Å². The molecule has 0 aromatic heterocycles. The molecule has 0 N–H and O–H groups in total. The average Bonchev–Trinajstić information content (AvgIpc) is 3.19. The highest BCUT2D eigenvalue weighted by atomic mass is 14.3. The Morgan fingerprint density at radius 1 is 0.180 bits per heavy atom. The largest absolute Gasteiger partial charge is 0.0616 e. The van der Waals surface area contributed by atoms with Crippen LogP contribution in [0, 0.1) is 0 Å². The lowest BCUT2D eigenvalue weighted by atomic mass is 9.79. The molecular formula is C50H32. The minimum atomic E-state index is 1.23. The van der Waals surface area contributed by atoms with Gasteiger partial charge in [-0.15, -0.1) is 0 Å². The van der Waals surface area contributed by atoms with Gasteiger partial charge in [0.25, 0.3) is 0 Å². The first-order valence-electron chi connectivity index (χ1n) is 17.4. The van der Waals surface area contributed by atoms with E-state index < -0.39 is 0 Å². The first-order chi connectivity index (χ1) is 24.8. The van der Waals surface area contributed by atoms with E-state index in [-0.39, 0.29) is 0 Å². The molecule has 0 aliphatic heterocycles. The minimum Gasteiger partial charge on any atom is -0.0616 e. The Bertz CT molecular complexity index is 2920. The van der Waals surface area contributed by atoms with Crippen LogP contribution in [0.2, 0.25) is 0 Å². The fraction of sp³-hybridized carbons (Fsp3) is 0. The van der Waals surface area contributed by atoms with Crippen LogP contribution in [-0.4, -0.2) is 0 Å². The Morgan fingerprint density at radius 2 is 0.620 bits per heavy atom. The molecule has 0 saturated carbocycles. The zero-order chi connectivity index (χ0) is 33.0. The highest BCUT2D eigenvalue weighted by Gasteiger charge is 2.23. The summed E-state index contributed by atoms with van der Waals surface area (Å²) >= 11 is 0. The molecule has 0 saturated heterocycles. The zero-order valence-corrected chi connectivity index (χ0v) is 27.5. The van der Waals surface area contributed by atoms with E-state index in [1.165, 1.54) is 98.4 Å². The second-order valence-electron chi connectivity index (χ2n) is 13.2. The van der Waals surface area contributed by atoms with Crippen LogP contribution in [0.5, 0.6) is 0 Å². The molecule has 0 aliphatic rings. The molecule has 0 heteroatoms. The van der Waals surface area contributed by atoms with Gasteiger partial charge < -0.3 is 0 Å². The topological polar surface area (TPSA) is 0 Å². The molecule has 50 heavy (non-hydrogen) atoms. The fourth-order valence-electron chi connectivity index (χ4n) is 8.23. The maximum absolute atomic E-state index is 2.43. The van der Waals surface area contributed by atoms with Crippen molar-refractivity contribution in [2.75, 3.05) is 0 Å². The van der Waals surface area contributed by atoms with Crippen molar-refractivity contribution in [3.8, 4) is 44.5 Å². The van der Waals surface area contributed by atoms with Crippen LogP contribution in [0.25, 0.3) is 98.4 Å². The van der Waals surface area contributed by atoms with Crippen molar-refractivity contribution in [3.63, 3.8) is 0 Å². The van der Waals surface area contributed by atoms with Gasteiger partial charge in [-0.05, 0) is 104 Å². The predicted octanol–water partition coefficient (Wildman–Crippen LogP) is 14.1. The van der Waals surface area contributed by atoms with E-state index in [2.05, 4.69) is 194 Å². The van der Waals surface area contributed by atoms with Gasteiger partial charge in [0, 0.05) is 0 Å². The lowest BCUT2D eigenvalue weighted by Crippen LogP contribution is -1.96. The van der Waals surface area contributed by atoms with Gasteiger partial charge in [-0.1, -0.05) is 188 Å². The van der Waals surface area contributed by atoms with Crippen LogP contribution in [0.4, 0.5) is 0 Å². The summed E-state index contributed by atoms with van der Waals surface area (Å²) in [5.41, 5.74) is 9.94. The number of hydrogen-bond acceptors (Lipinski definition) is 0. The normalized spacial score (nSPS) is 11.6. The molecule has 0 spiro atoms. The van der Waals surface area contributed by atoms with Gasteiger partial charge >= 0.3 is 0 Å². The SMILES string of the molecule is c1ccc(-c2cccc3ccccc23)c(-c2c(-c3cccc4c3ccc3ccccc34)cc3ccccc3c2-c2cccc3ccccc23)c1. The maximum atomic E-state index is 2.43. The van der Waals surface area contributed by atoms with Gasteiger partial charge in [0.2, 0.25) is 0 Å². The van der Waals surface area contributed by atoms with Gasteiger partial charge in [-0.25, -0.2) is 0 Å². The van der Waals surface area contributed by atoms with Crippen LogP contribution in [-0.2, 0) is 0 Å². The summed E-state index contributed by atoms with van der Waals surface area (Å²) in [6, 6.07) is 71.5.